The number of hydrogen-bond donors (Lipinski definition) is 2. The maximum atomic E-state index is 11.7. The molecule has 0 spiro atoms. The molecule has 0 aliphatic carbocycles. The molecule has 0 fully saturated rings. The van der Waals surface area contributed by atoms with E-state index in [1.807, 2.05) is 13.8 Å². The lowest BCUT2D eigenvalue weighted by Crippen LogP contribution is -2.26. The average molecular weight is 209 g/mol. The normalized spacial score (nSPS) is 10.7. The van der Waals surface area contributed by atoms with Crippen LogP contribution in [0.1, 0.15) is 42.0 Å². The monoisotopic (exact) mass is 209 g/mol. The minimum Gasteiger partial charge on any atom is -0.351 e. The Kier molecular flexibility index (Phi) is 3.88. The molecule has 0 saturated carbocycles. The number of hydrogen-bond acceptors (Lipinski definition) is 2. The van der Waals surface area contributed by atoms with E-state index in [1.165, 1.54) is 0 Å². The summed E-state index contributed by atoms with van der Waals surface area (Å²) in [4.78, 5) is 11.7. The van der Waals surface area contributed by atoms with Crippen LogP contribution in [0.5, 0.6) is 0 Å². The Bertz CT molecular complexity index is 342. The van der Waals surface area contributed by atoms with Gasteiger partial charge in [0.25, 0.3) is 5.91 Å². The summed E-state index contributed by atoms with van der Waals surface area (Å²) in [6.07, 6.45) is 0.994. The highest BCUT2D eigenvalue weighted by Gasteiger charge is 2.13. The third-order valence-corrected chi connectivity index (χ3v) is 2.48. The number of nitrogens with zero attached hydrogens (tertiary/aromatic N) is 1. The van der Waals surface area contributed by atoms with E-state index in [9.17, 15) is 4.79 Å². The summed E-state index contributed by atoms with van der Waals surface area (Å²) in [6, 6.07) is 0. The van der Waals surface area contributed by atoms with Gasteiger partial charge in [0, 0.05) is 17.8 Å². The minimum atomic E-state index is -0.0856. The van der Waals surface area contributed by atoms with Crippen molar-refractivity contribution in [2.24, 2.45) is 5.92 Å². The SMILES string of the molecule is Cc1[nH]nc(C(=O)NCCC(C)C)c1C. The molecule has 4 heteroatoms. The van der Waals surface area contributed by atoms with Gasteiger partial charge in [-0.15, -0.1) is 0 Å². The lowest BCUT2D eigenvalue weighted by molar-refractivity contribution is 0.0946. The summed E-state index contributed by atoms with van der Waals surface area (Å²) < 4.78 is 0. The van der Waals surface area contributed by atoms with Crippen molar-refractivity contribution in [2.75, 3.05) is 6.54 Å². The first-order valence-corrected chi connectivity index (χ1v) is 5.32. The van der Waals surface area contributed by atoms with Gasteiger partial charge >= 0.3 is 0 Å². The molecule has 1 aromatic heterocycles. The molecule has 0 aliphatic rings. The third kappa shape index (κ3) is 3.08. The van der Waals surface area contributed by atoms with Gasteiger partial charge in [0.15, 0.2) is 5.69 Å². The molecule has 0 radical (unpaired) electrons. The zero-order valence-electron chi connectivity index (χ0n) is 9.85. The fourth-order valence-corrected chi connectivity index (χ4v) is 1.26. The second kappa shape index (κ2) is 4.96. The summed E-state index contributed by atoms with van der Waals surface area (Å²) in [5.74, 6) is 0.518. The van der Waals surface area contributed by atoms with Gasteiger partial charge in [-0.2, -0.15) is 5.10 Å². The highest BCUT2D eigenvalue weighted by atomic mass is 16.1. The largest absolute Gasteiger partial charge is 0.351 e. The van der Waals surface area contributed by atoms with E-state index in [1.54, 1.807) is 0 Å². The molecular formula is C11H19N3O. The Balaban J connectivity index is 2.51. The Morgan fingerprint density at radius 1 is 1.47 bits per heavy atom. The standard InChI is InChI=1S/C11H19N3O/c1-7(2)5-6-12-11(15)10-8(3)9(4)13-14-10/h7H,5-6H2,1-4H3,(H,12,15)(H,13,14). The summed E-state index contributed by atoms with van der Waals surface area (Å²) in [6.45, 7) is 8.79. The van der Waals surface area contributed by atoms with Crippen LogP contribution in [-0.2, 0) is 0 Å². The van der Waals surface area contributed by atoms with Crippen LogP contribution >= 0.6 is 0 Å². The van der Waals surface area contributed by atoms with E-state index in [-0.39, 0.29) is 5.91 Å². The quantitative estimate of drug-likeness (QED) is 0.794. The molecule has 1 heterocycles. The van der Waals surface area contributed by atoms with E-state index < -0.39 is 0 Å². The number of rotatable bonds is 4. The number of carbonyl (C=O) groups excluding carboxylic acids is 1. The van der Waals surface area contributed by atoms with Crippen molar-refractivity contribution < 1.29 is 4.79 Å². The fraction of sp³-hybridized carbons (Fsp3) is 0.636. The molecule has 0 saturated heterocycles. The number of aromatic nitrogens is 2. The number of carbonyl (C=O) groups is 1. The van der Waals surface area contributed by atoms with Crippen molar-refractivity contribution >= 4 is 5.91 Å². The van der Waals surface area contributed by atoms with Crippen LogP contribution in [0, 0.1) is 19.8 Å². The van der Waals surface area contributed by atoms with Crippen LogP contribution in [0.25, 0.3) is 0 Å². The van der Waals surface area contributed by atoms with Crippen molar-refractivity contribution in [2.45, 2.75) is 34.1 Å². The first-order chi connectivity index (χ1) is 7.02. The number of aryl methyl sites for hydroxylation is 1. The number of H-pyrrole nitrogens is 1. The Hall–Kier alpha value is -1.32. The molecule has 84 valence electrons. The van der Waals surface area contributed by atoms with Crippen molar-refractivity contribution in [3.63, 3.8) is 0 Å². The summed E-state index contributed by atoms with van der Waals surface area (Å²) in [5, 5.41) is 9.65. The fourth-order valence-electron chi connectivity index (χ4n) is 1.26. The number of amides is 1. The van der Waals surface area contributed by atoms with E-state index in [4.69, 9.17) is 0 Å². The first kappa shape index (κ1) is 11.8. The molecule has 0 aromatic carbocycles. The molecule has 2 N–H and O–H groups in total. The molecule has 0 atom stereocenters. The van der Waals surface area contributed by atoms with Gasteiger partial charge in [-0.25, -0.2) is 0 Å². The topological polar surface area (TPSA) is 57.8 Å². The van der Waals surface area contributed by atoms with Gasteiger partial charge in [-0.1, -0.05) is 13.8 Å². The number of aromatic amines is 1. The molecule has 0 aliphatic heterocycles. The molecule has 0 bridgehead atoms. The Morgan fingerprint density at radius 3 is 2.60 bits per heavy atom. The van der Waals surface area contributed by atoms with Crippen LogP contribution in [-0.4, -0.2) is 22.6 Å². The van der Waals surface area contributed by atoms with Crippen molar-refractivity contribution in [1.29, 1.82) is 0 Å². The van der Waals surface area contributed by atoms with Gasteiger partial charge in [-0.05, 0) is 26.2 Å². The summed E-state index contributed by atoms with van der Waals surface area (Å²) in [5.41, 5.74) is 2.39. The summed E-state index contributed by atoms with van der Waals surface area (Å²) in [7, 11) is 0. The number of nitrogens with one attached hydrogen (secondary N) is 2. The zero-order valence-corrected chi connectivity index (χ0v) is 9.85. The maximum absolute atomic E-state index is 11.7. The highest BCUT2D eigenvalue weighted by Crippen LogP contribution is 2.07. The second-order valence-corrected chi connectivity index (χ2v) is 4.26. The van der Waals surface area contributed by atoms with Gasteiger partial charge in [0.1, 0.15) is 0 Å². The van der Waals surface area contributed by atoms with Gasteiger partial charge in [-0.3, -0.25) is 9.89 Å². The maximum Gasteiger partial charge on any atom is 0.272 e. The molecule has 0 unspecified atom stereocenters. The third-order valence-electron chi connectivity index (χ3n) is 2.48. The molecule has 15 heavy (non-hydrogen) atoms. The van der Waals surface area contributed by atoms with Crippen molar-refractivity contribution in [1.82, 2.24) is 15.5 Å². The predicted molar refractivity (Wildman–Crippen MR) is 59.8 cm³/mol. The zero-order chi connectivity index (χ0) is 11.4. The molecule has 1 amide bonds. The highest BCUT2D eigenvalue weighted by molar-refractivity contribution is 5.93. The summed E-state index contributed by atoms with van der Waals surface area (Å²) >= 11 is 0. The van der Waals surface area contributed by atoms with Crippen molar-refractivity contribution in [3.05, 3.63) is 17.0 Å². The van der Waals surface area contributed by atoms with Gasteiger partial charge in [0.2, 0.25) is 0 Å². The van der Waals surface area contributed by atoms with Gasteiger partial charge in [0.05, 0.1) is 0 Å². The van der Waals surface area contributed by atoms with E-state index in [0.717, 1.165) is 17.7 Å². The predicted octanol–water partition coefficient (Wildman–Crippen LogP) is 1.80. The van der Waals surface area contributed by atoms with E-state index in [2.05, 4.69) is 29.4 Å². The van der Waals surface area contributed by atoms with Crippen LogP contribution < -0.4 is 5.32 Å². The minimum absolute atomic E-state index is 0.0856. The smallest absolute Gasteiger partial charge is 0.272 e. The van der Waals surface area contributed by atoms with Gasteiger partial charge < -0.3 is 5.32 Å². The lowest BCUT2D eigenvalue weighted by Gasteiger charge is -2.05. The molecular weight excluding hydrogens is 190 g/mol. The molecule has 4 nitrogen and oxygen atoms in total. The van der Waals surface area contributed by atoms with Crippen LogP contribution in [0.15, 0.2) is 0 Å². The average Bonchev–Trinajstić information content (AvgIpc) is 2.47. The van der Waals surface area contributed by atoms with Crippen LogP contribution in [0.2, 0.25) is 0 Å². The van der Waals surface area contributed by atoms with Crippen molar-refractivity contribution in [3.8, 4) is 0 Å². The lowest BCUT2D eigenvalue weighted by atomic mass is 10.1. The molecule has 1 rings (SSSR count). The Morgan fingerprint density at radius 2 is 2.13 bits per heavy atom. The van der Waals surface area contributed by atoms with Crippen LogP contribution in [0.4, 0.5) is 0 Å². The Labute approximate surface area is 90.5 Å². The second-order valence-electron chi connectivity index (χ2n) is 4.26. The van der Waals surface area contributed by atoms with E-state index in [0.29, 0.717) is 18.2 Å². The van der Waals surface area contributed by atoms with Crippen LogP contribution in [0.3, 0.4) is 0 Å². The van der Waals surface area contributed by atoms with E-state index >= 15 is 0 Å². The molecule has 1 aromatic rings. The first-order valence-electron chi connectivity index (χ1n) is 5.32.